The van der Waals surface area contributed by atoms with Gasteiger partial charge < -0.3 is 19.1 Å². The molecule has 4 rings (SSSR count). The molecule has 0 aliphatic carbocycles. The lowest BCUT2D eigenvalue weighted by molar-refractivity contribution is -0.120. The summed E-state index contributed by atoms with van der Waals surface area (Å²) in [5, 5.41) is 0. The molecular formula is C27H26N2O5. The predicted octanol–water partition coefficient (Wildman–Crippen LogP) is 4.52. The molecule has 34 heavy (non-hydrogen) atoms. The first-order valence-corrected chi connectivity index (χ1v) is 10.9. The van der Waals surface area contributed by atoms with Gasteiger partial charge >= 0.3 is 0 Å². The van der Waals surface area contributed by atoms with Crippen molar-refractivity contribution in [3.8, 4) is 17.2 Å². The van der Waals surface area contributed by atoms with Crippen LogP contribution in [-0.2, 0) is 9.59 Å². The number of likely N-dealkylation sites (N-methyl/N-ethyl adjacent to an activating group) is 1. The molecule has 0 radical (unpaired) electrons. The van der Waals surface area contributed by atoms with E-state index >= 15 is 0 Å². The predicted molar refractivity (Wildman–Crippen MR) is 131 cm³/mol. The molecule has 0 N–H and O–H groups in total. The van der Waals surface area contributed by atoms with Crippen molar-refractivity contribution in [3.05, 3.63) is 84.1 Å². The number of para-hydroxylation sites is 2. The van der Waals surface area contributed by atoms with Crippen LogP contribution in [0, 0.1) is 0 Å². The number of hydrogen-bond donors (Lipinski definition) is 0. The van der Waals surface area contributed by atoms with Gasteiger partial charge in [-0.3, -0.25) is 9.59 Å². The van der Waals surface area contributed by atoms with Crippen molar-refractivity contribution in [1.29, 1.82) is 0 Å². The SMILES string of the molecule is CCN(C1=C(c2ccccc2OC)C(=O)N(c2cc(OC)cc(OC)c2)C1=O)c1ccccc1. The molecule has 1 heterocycles. The van der Waals surface area contributed by atoms with Crippen LogP contribution in [0.1, 0.15) is 12.5 Å². The number of carbonyl (C=O) groups excluding carboxylic acids is 2. The highest BCUT2D eigenvalue weighted by Crippen LogP contribution is 2.41. The maximum Gasteiger partial charge on any atom is 0.282 e. The van der Waals surface area contributed by atoms with Crippen LogP contribution in [0.25, 0.3) is 5.57 Å². The zero-order valence-electron chi connectivity index (χ0n) is 19.6. The number of methoxy groups -OCH3 is 3. The number of anilines is 2. The minimum Gasteiger partial charge on any atom is -0.497 e. The van der Waals surface area contributed by atoms with Gasteiger partial charge in [-0.25, -0.2) is 4.90 Å². The third kappa shape index (κ3) is 3.96. The number of rotatable bonds is 8. The molecule has 0 spiro atoms. The van der Waals surface area contributed by atoms with E-state index in [-0.39, 0.29) is 11.3 Å². The number of amides is 2. The van der Waals surface area contributed by atoms with E-state index in [0.29, 0.717) is 35.0 Å². The normalized spacial score (nSPS) is 13.4. The number of imide groups is 1. The lowest BCUT2D eigenvalue weighted by Crippen LogP contribution is -2.35. The van der Waals surface area contributed by atoms with Gasteiger partial charge in [-0.1, -0.05) is 36.4 Å². The Bertz CT molecular complexity index is 1230. The maximum absolute atomic E-state index is 14.0. The first-order valence-electron chi connectivity index (χ1n) is 10.9. The molecule has 0 fully saturated rings. The van der Waals surface area contributed by atoms with Gasteiger partial charge in [0.1, 0.15) is 22.9 Å². The number of hydrogen-bond acceptors (Lipinski definition) is 6. The first kappa shape index (κ1) is 22.9. The van der Waals surface area contributed by atoms with Gasteiger partial charge in [0.15, 0.2) is 0 Å². The fourth-order valence-corrected chi connectivity index (χ4v) is 4.10. The summed E-state index contributed by atoms with van der Waals surface area (Å²) in [7, 11) is 4.58. The van der Waals surface area contributed by atoms with Crippen LogP contribution >= 0.6 is 0 Å². The zero-order valence-corrected chi connectivity index (χ0v) is 19.6. The fraction of sp³-hybridized carbons (Fsp3) is 0.185. The Morgan fingerprint density at radius 2 is 1.38 bits per heavy atom. The highest BCUT2D eigenvalue weighted by molar-refractivity contribution is 6.46. The second-order valence-corrected chi connectivity index (χ2v) is 7.52. The van der Waals surface area contributed by atoms with Crippen molar-refractivity contribution in [1.82, 2.24) is 0 Å². The molecule has 1 aliphatic heterocycles. The molecule has 3 aromatic rings. The molecule has 0 saturated heterocycles. The molecular weight excluding hydrogens is 432 g/mol. The van der Waals surface area contributed by atoms with Crippen molar-refractivity contribution in [2.75, 3.05) is 37.7 Å². The molecule has 0 saturated carbocycles. The average Bonchev–Trinajstić information content (AvgIpc) is 3.14. The molecule has 0 unspecified atom stereocenters. The molecule has 1 aliphatic rings. The van der Waals surface area contributed by atoms with E-state index in [9.17, 15) is 9.59 Å². The van der Waals surface area contributed by atoms with Crippen LogP contribution in [0.5, 0.6) is 17.2 Å². The van der Waals surface area contributed by atoms with Crippen LogP contribution in [0.15, 0.2) is 78.5 Å². The summed E-state index contributed by atoms with van der Waals surface area (Å²) < 4.78 is 16.3. The maximum atomic E-state index is 14.0. The molecule has 0 bridgehead atoms. The van der Waals surface area contributed by atoms with E-state index in [1.165, 1.54) is 14.2 Å². The Kier molecular flexibility index (Phi) is 6.54. The molecule has 3 aromatic carbocycles. The van der Waals surface area contributed by atoms with Gasteiger partial charge in [0.05, 0.1) is 32.6 Å². The molecule has 2 amide bonds. The Balaban J connectivity index is 1.95. The number of nitrogens with zero attached hydrogens (tertiary/aromatic N) is 2. The Morgan fingerprint density at radius 3 is 1.97 bits per heavy atom. The lowest BCUT2D eigenvalue weighted by atomic mass is 10.0. The summed E-state index contributed by atoms with van der Waals surface area (Å²) >= 11 is 0. The Morgan fingerprint density at radius 1 is 0.765 bits per heavy atom. The monoisotopic (exact) mass is 458 g/mol. The smallest absolute Gasteiger partial charge is 0.282 e. The van der Waals surface area contributed by atoms with Gasteiger partial charge in [0.25, 0.3) is 11.8 Å². The number of ether oxygens (including phenoxy) is 3. The summed E-state index contributed by atoms with van der Waals surface area (Å²) in [6, 6.07) is 21.7. The van der Waals surface area contributed by atoms with Crippen LogP contribution in [-0.4, -0.2) is 39.7 Å². The highest BCUT2D eigenvalue weighted by Gasteiger charge is 2.43. The molecule has 0 atom stereocenters. The van der Waals surface area contributed by atoms with Crippen LogP contribution in [0.3, 0.4) is 0 Å². The second kappa shape index (κ2) is 9.70. The lowest BCUT2D eigenvalue weighted by Gasteiger charge is -2.25. The van der Waals surface area contributed by atoms with Crippen molar-refractivity contribution >= 4 is 28.8 Å². The number of carbonyl (C=O) groups is 2. The minimum absolute atomic E-state index is 0.273. The third-order valence-corrected chi connectivity index (χ3v) is 5.68. The van der Waals surface area contributed by atoms with E-state index < -0.39 is 11.8 Å². The molecule has 7 heteroatoms. The van der Waals surface area contributed by atoms with Gasteiger partial charge in [-0.2, -0.15) is 0 Å². The summed E-state index contributed by atoms with van der Waals surface area (Å²) in [4.78, 5) is 30.9. The van der Waals surface area contributed by atoms with Gasteiger partial charge in [-0.15, -0.1) is 0 Å². The van der Waals surface area contributed by atoms with Crippen molar-refractivity contribution in [3.63, 3.8) is 0 Å². The highest BCUT2D eigenvalue weighted by atomic mass is 16.5. The second-order valence-electron chi connectivity index (χ2n) is 7.52. The van der Waals surface area contributed by atoms with E-state index in [2.05, 4.69) is 0 Å². The largest absolute Gasteiger partial charge is 0.497 e. The van der Waals surface area contributed by atoms with Gasteiger partial charge in [-0.05, 0) is 25.1 Å². The quantitative estimate of drug-likeness (QED) is 0.462. The van der Waals surface area contributed by atoms with E-state index in [0.717, 1.165) is 10.6 Å². The van der Waals surface area contributed by atoms with Crippen molar-refractivity contribution in [2.24, 2.45) is 0 Å². The van der Waals surface area contributed by atoms with E-state index in [4.69, 9.17) is 14.2 Å². The first-order chi connectivity index (χ1) is 16.5. The van der Waals surface area contributed by atoms with Crippen LogP contribution < -0.4 is 24.0 Å². The summed E-state index contributed by atoms with van der Waals surface area (Å²) in [6.45, 7) is 2.42. The molecule has 174 valence electrons. The third-order valence-electron chi connectivity index (χ3n) is 5.68. The van der Waals surface area contributed by atoms with Crippen LogP contribution in [0.4, 0.5) is 11.4 Å². The van der Waals surface area contributed by atoms with E-state index in [1.54, 1.807) is 37.4 Å². The van der Waals surface area contributed by atoms with Crippen LogP contribution in [0.2, 0.25) is 0 Å². The Labute approximate surface area is 198 Å². The topological polar surface area (TPSA) is 68.3 Å². The van der Waals surface area contributed by atoms with Crippen molar-refractivity contribution < 1.29 is 23.8 Å². The average molecular weight is 459 g/mol. The summed E-state index contributed by atoms with van der Waals surface area (Å²) in [6.07, 6.45) is 0. The molecule has 0 aromatic heterocycles. The van der Waals surface area contributed by atoms with E-state index in [1.807, 2.05) is 54.3 Å². The minimum atomic E-state index is -0.450. The zero-order chi connectivity index (χ0) is 24.2. The van der Waals surface area contributed by atoms with Crippen molar-refractivity contribution in [2.45, 2.75) is 6.92 Å². The Hall–Kier alpha value is -4.26. The van der Waals surface area contributed by atoms with Gasteiger partial charge in [0, 0.05) is 36.0 Å². The summed E-state index contributed by atoms with van der Waals surface area (Å²) in [5.74, 6) is 0.557. The molecule has 7 nitrogen and oxygen atoms in total. The fourth-order valence-electron chi connectivity index (χ4n) is 4.10. The number of benzene rings is 3. The summed E-state index contributed by atoms with van der Waals surface area (Å²) in [5.41, 5.74) is 2.27. The van der Waals surface area contributed by atoms with Gasteiger partial charge in [0.2, 0.25) is 0 Å². The standard InChI is InChI=1S/C27H26N2O5/c1-5-28(18-11-7-6-8-12-18)25-24(22-13-9-10-14-23(22)34-4)26(30)29(27(25)31)19-15-20(32-2)17-21(16-19)33-3/h6-17H,5H2,1-4H3.